The van der Waals surface area contributed by atoms with Gasteiger partial charge in [0.1, 0.15) is 0 Å². The van der Waals surface area contributed by atoms with Crippen molar-refractivity contribution < 1.29 is 14.3 Å². The maximum atomic E-state index is 11.8. The van der Waals surface area contributed by atoms with Gasteiger partial charge in [-0.15, -0.1) is 0 Å². The number of methoxy groups -OCH3 is 1. The Morgan fingerprint density at radius 2 is 2.00 bits per heavy atom. The van der Waals surface area contributed by atoms with Crippen molar-refractivity contribution in [1.29, 1.82) is 0 Å². The Hall–Kier alpha value is -1.75. The Labute approximate surface area is 129 Å². The van der Waals surface area contributed by atoms with E-state index in [4.69, 9.17) is 16.3 Å². The van der Waals surface area contributed by atoms with Gasteiger partial charge in [0.05, 0.1) is 12.7 Å². The lowest BCUT2D eigenvalue weighted by Gasteiger charge is -2.32. The third-order valence-electron chi connectivity index (χ3n) is 3.69. The van der Waals surface area contributed by atoms with Crippen molar-refractivity contribution in [2.75, 3.05) is 25.5 Å². The molecule has 0 aromatic heterocycles. The highest BCUT2D eigenvalue weighted by molar-refractivity contribution is 6.31. The van der Waals surface area contributed by atoms with Gasteiger partial charge >= 0.3 is 5.97 Å². The molecule has 0 atom stereocenters. The number of nitrogens with one attached hydrogen (secondary N) is 1. The van der Waals surface area contributed by atoms with E-state index in [0.29, 0.717) is 16.3 Å². The van der Waals surface area contributed by atoms with Crippen LogP contribution < -0.4 is 5.32 Å². The number of carbonyl (C=O) groups excluding carboxylic acids is 2. The van der Waals surface area contributed by atoms with Crippen LogP contribution >= 0.6 is 11.6 Å². The van der Waals surface area contributed by atoms with Crippen molar-refractivity contribution in [2.24, 2.45) is 0 Å². The van der Waals surface area contributed by atoms with Crippen molar-refractivity contribution in [1.82, 2.24) is 4.90 Å². The number of hydrogen-bond acceptors (Lipinski definition) is 4. The third kappa shape index (κ3) is 3.88. The first kappa shape index (κ1) is 15.6. The van der Waals surface area contributed by atoms with Crippen LogP contribution in [-0.2, 0) is 9.53 Å². The molecule has 1 aliphatic heterocycles. The van der Waals surface area contributed by atoms with Gasteiger partial charge in [-0.25, -0.2) is 4.79 Å². The number of hydrogen-bond donors (Lipinski definition) is 1. The van der Waals surface area contributed by atoms with E-state index in [0.717, 1.165) is 25.9 Å². The van der Waals surface area contributed by atoms with Crippen LogP contribution in [0.3, 0.4) is 0 Å². The fourth-order valence-corrected chi connectivity index (χ4v) is 2.65. The Morgan fingerprint density at radius 1 is 1.33 bits per heavy atom. The largest absolute Gasteiger partial charge is 0.465 e. The highest BCUT2D eigenvalue weighted by Gasteiger charge is 2.22. The fourth-order valence-electron chi connectivity index (χ4n) is 2.48. The lowest BCUT2D eigenvalue weighted by atomic mass is 10.0. The minimum absolute atomic E-state index is 0.107. The second-order valence-corrected chi connectivity index (χ2v) is 5.54. The van der Waals surface area contributed by atoms with E-state index in [-0.39, 0.29) is 11.9 Å². The van der Waals surface area contributed by atoms with Gasteiger partial charge in [-0.2, -0.15) is 0 Å². The third-order valence-corrected chi connectivity index (χ3v) is 3.92. The predicted octanol–water partition coefficient (Wildman–Crippen LogP) is 2.55. The quantitative estimate of drug-likeness (QED) is 0.872. The van der Waals surface area contributed by atoms with Crippen molar-refractivity contribution in [3.05, 3.63) is 28.8 Å². The van der Waals surface area contributed by atoms with Crippen LogP contribution in [0.4, 0.5) is 5.69 Å². The van der Waals surface area contributed by atoms with Gasteiger partial charge in [-0.05, 0) is 31.0 Å². The molecule has 5 nitrogen and oxygen atoms in total. The molecule has 1 amide bonds. The Bertz CT molecular complexity index is 540. The van der Waals surface area contributed by atoms with Crippen LogP contribution in [0.25, 0.3) is 0 Å². The average molecular weight is 311 g/mol. The highest BCUT2D eigenvalue weighted by Crippen LogP contribution is 2.24. The molecule has 1 heterocycles. The topological polar surface area (TPSA) is 58.6 Å². The van der Waals surface area contributed by atoms with E-state index in [1.54, 1.807) is 25.1 Å². The monoisotopic (exact) mass is 310 g/mol. The summed E-state index contributed by atoms with van der Waals surface area (Å²) in [5.41, 5.74) is 1.14. The first-order valence-corrected chi connectivity index (χ1v) is 7.29. The lowest BCUT2D eigenvalue weighted by Crippen LogP contribution is -2.41. The molecule has 2 rings (SSSR count). The molecule has 0 radical (unpaired) electrons. The molecule has 1 fully saturated rings. The van der Waals surface area contributed by atoms with E-state index in [9.17, 15) is 9.59 Å². The molecule has 6 heteroatoms. The zero-order valence-electron chi connectivity index (χ0n) is 12.2. The van der Waals surface area contributed by atoms with Crippen molar-refractivity contribution in [3.63, 3.8) is 0 Å². The number of ether oxygens (including phenoxy) is 1. The SMILES string of the molecule is COC(=O)c1cc(Cl)ccc1NC1CCN(C(C)=O)CC1. The van der Waals surface area contributed by atoms with Gasteiger partial charge in [0, 0.05) is 36.8 Å². The minimum atomic E-state index is -0.416. The van der Waals surface area contributed by atoms with Crippen LogP contribution in [0.2, 0.25) is 5.02 Å². The van der Waals surface area contributed by atoms with E-state index >= 15 is 0 Å². The minimum Gasteiger partial charge on any atom is -0.465 e. The van der Waals surface area contributed by atoms with Crippen molar-refractivity contribution >= 4 is 29.2 Å². The highest BCUT2D eigenvalue weighted by atomic mass is 35.5. The normalized spacial score (nSPS) is 15.7. The van der Waals surface area contributed by atoms with Crippen LogP contribution in [0, 0.1) is 0 Å². The molecule has 1 aromatic carbocycles. The van der Waals surface area contributed by atoms with Gasteiger partial charge in [0.2, 0.25) is 5.91 Å². The summed E-state index contributed by atoms with van der Waals surface area (Å²) in [5.74, 6) is -0.309. The maximum Gasteiger partial charge on any atom is 0.340 e. The molecule has 1 saturated heterocycles. The zero-order valence-corrected chi connectivity index (χ0v) is 12.9. The zero-order chi connectivity index (χ0) is 15.4. The molecular weight excluding hydrogens is 292 g/mol. The van der Waals surface area contributed by atoms with E-state index in [1.165, 1.54) is 7.11 Å². The number of nitrogens with zero attached hydrogens (tertiary/aromatic N) is 1. The van der Waals surface area contributed by atoms with Crippen molar-refractivity contribution in [3.8, 4) is 0 Å². The molecule has 0 spiro atoms. The summed E-state index contributed by atoms with van der Waals surface area (Å²) in [7, 11) is 1.35. The van der Waals surface area contributed by atoms with Gasteiger partial charge in [-0.1, -0.05) is 11.6 Å². The standard InChI is InChI=1S/C15H19ClN2O3/c1-10(19)18-7-5-12(6-8-18)17-14-4-3-11(16)9-13(14)15(20)21-2/h3-4,9,12,17H,5-8H2,1-2H3. The second kappa shape index (κ2) is 6.80. The van der Waals surface area contributed by atoms with Gasteiger partial charge in [0.25, 0.3) is 0 Å². The van der Waals surface area contributed by atoms with Crippen LogP contribution in [-0.4, -0.2) is 43.0 Å². The Kier molecular flexibility index (Phi) is 5.07. The molecule has 1 aliphatic rings. The molecular formula is C15H19ClN2O3. The van der Waals surface area contributed by atoms with Crippen LogP contribution in [0.1, 0.15) is 30.1 Å². The summed E-state index contributed by atoms with van der Waals surface area (Å²) < 4.78 is 4.78. The molecule has 21 heavy (non-hydrogen) atoms. The lowest BCUT2D eigenvalue weighted by molar-refractivity contribution is -0.129. The van der Waals surface area contributed by atoms with Gasteiger partial charge < -0.3 is 15.0 Å². The van der Waals surface area contributed by atoms with Gasteiger partial charge in [-0.3, -0.25) is 4.79 Å². The molecule has 0 bridgehead atoms. The molecule has 0 unspecified atom stereocenters. The first-order valence-electron chi connectivity index (χ1n) is 6.91. The Balaban J connectivity index is 2.07. The fraction of sp³-hybridized carbons (Fsp3) is 0.467. The first-order chi connectivity index (χ1) is 10.0. The van der Waals surface area contributed by atoms with E-state index < -0.39 is 5.97 Å². The number of carbonyl (C=O) groups is 2. The number of halogens is 1. The van der Waals surface area contributed by atoms with Crippen LogP contribution in [0.5, 0.6) is 0 Å². The summed E-state index contributed by atoms with van der Waals surface area (Å²) in [5, 5.41) is 3.85. The van der Waals surface area contributed by atoms with E-state index in [1.807, 2.05) is 4.90 Å². The summed E-state index contributed by atoms with van der Waals surface area (Å²) in [6.45, 7) is 3.05. The second-order valence-electron chi connectivity index (χ2n) is 5.11. The summed E-state index contributed by atoms with van der Waals surface area (Å²) >= 11 is 5.93. The number of anilines is 1. The molecule has 114 valence electrons. The van der Waals surface area contributed by atoms with E-state index in [2.05, 4.69) is 5.32 Å². The number of amides is 1. The number of benzene rings is 1. The average Bonchev–Trinajstić information content (AvgIpc) is 2.48. The smallest absolute Gasteiger partial charge is 0.340 e. The predicted molar refractivity (Wildman–Crippen MR) is 81.7 cm³/mol. The number of likely N-dealkylation sites (tertiary alicyclic amines) is 1. The van der Waals surface area contributed by atoms with Crippen molar-refractivity contribution in [2.45, 2.75) is 25.8 Å². The number of esters is 1. The Morgan fingerprint density at radius 3 is 2.57 bits per heavy atom. The molecule has 1 N–H and O–H groups in total. The summed E-state index contributed by atoms with van der Waals surface area (Å²) in [6.07, 6.45) is 1.70. The van der Waals surface area contributed by atoms with Gasteiger partial charge in [0.15, 0.2) is 0 Å². The summed E-state index contributed by atoms with van der Waals surface area (Å²) in [6, 6.07) is 5.35. The number of rotatable bonds is 3. The maximum absolute atomic E-state index is 11.8. The van der Waals surface area contributed by atoms with Crippen LogP contribution in [0.15, 0.2) is 18.2 Å². The number of piperidine rings is 1. The molecule has 0 saturated carbocycles. The molecule has 0 aliphatic carbocycles. The molecule has 1 aromatic rings. The summed E-state index contributed by atoms with van der Waals surface area (Å²) in [4.78, 5) is 24.9.